The molecule has 1 aromatic heterocycles. The first-order valence-electron chi connectivity index (χ1n) is 6.40. The first-order valence-corrected chi connectivity index (χ1v) is 6.40. The van der Waals surface area contributed by atoms with Gasteiger partial charge in [-0.3, -0.25) is 4.79 Å². The van der Waals surface area contributed by atoms with Gasteiger partial charge in [0.1, 0.15) is 11.3 Å². The van der Waals surface area contributed by atoms with E-state index < -0.39 is 24.1 Å². The van der Waals surface area contributed by atoms with E-state index in [1.807, 2.05) is 0 Å². The average molecular weight is 299 g/mol. The molecule has 0 fully saturated rings. The molecule has 0 N–H and O–H groups in total. The van der Waals surface area contributed by atoms with Crippen molar-refractivity contribution in [1.82, 2.24) is 15.0 Å². The van der Waals surface area contributed by atoms with Gasteiger partial charge in [-0.1, -0.05) is 23.4 Å². The summed E-state index contributed by atoms with van der Waals surface area (Å²) in [6.07, 6.45) is 0. The zero-order valence-corrected chi connectivity index (χ0v) is 11.3. The van der Waals surface area contributed by atoms with Crippen LogP contribution in [0.25, 0.3) is 10.9 Å². The van der Waals surface area contributed by atoms with E-state index >= 15 is 0 Å². The lowest BCUT2D eigenvalue weighted by atomic mass is 10.2. The van der Waals surface area contributed by atoms with E-state index in [9.17, 15) is 14.0 Å². The molecule has 6 nitrogen and oxygen atoms in total. The number of benzene rings is 2. The van der Waals surface area contributed by atoms with Crippen LogP contribution < -0.4 is 5.56 Å². The first-order chi connectivity index (χ1) is 10.6. The molecule has 0 bridgehead atoms. The fourth-order valence-corrected chi connectivity index (χ4v) is 1.93. The van der Waals surface area contributed by atoms with Crippen LogP contribution in [0.15, 0.2) is 53.3 Å². The van der Waals surface area contributed by atoms with Gasteiger partial charge in [-0.25, -0.2) is 9.18 Å². The quantitative estimate of drug-likeness (QED) is 0.689. The Balaban J connectivity index is 1.81. The van der Waals surface area contributed by atoms with Crippen LogP contribution in [0.5, 0.6) is 0 Å². The highest BCUT2D eigenvalue weighted by molar-refractivity contribution is 5.89. The number of carbonyl (C=O) groups excluding carboxylic acids is 1. The highest BCUT2D eigenvalue weighted by Gasteiger charge is 2.10. The molecule has 7 heteroatoms. The minimum atomic E-state index is -0.749. The van der Waals surface area contributed by atoms with Crippen LogP contribution in [-0.2, 0) is 11.5 Å². The maximum Gasteiger partial charge on any atom is 0.340 e. The van der Waals surface area contributed by atoms with Crippen LogP contribution >= 0.6 is 0 Å². The standard InChI is InChI=1S/C15H10FN3O3/c16-11-5-3-4-10(8-11)15(21)22-9-19-14(20)12-6-1-2-7-13(12)17-18-19/h1-8H,9H2. The Kier molecular flexibility index (Phi) is 3.61. The molecule has 0 aliphatic carbocycles. The molecule has 0 radical (unpaired) electrons. The third-order valence-electron chi connectivity index (χ3n) is 3.01. The van der Waals surface area contributed by atoms with Crippen molar-refractivity contribution < 1.29 is 13.9 Å². The Hall–Kier alpha value is -3.09. The Morgan fingerprint density at radius 1 is 1.18 bits per heavy atom. The summed E-state index contributed by atoms with van der Waals surface area (Å²) in [5, 5.41) is 7.94. The predicted octanol–water partition coefficient (Wildman–Crippen LogP) is 1.75. The number of ether oxygens (including phenoxy) is 1. The van der Waals surface area contributed by atoms with Crippen molar-refractivity contribution in [3.63, 3.8) is 0 Å². The topological polar surface area (TPSA) is 74.1 Å². The summed E-state index contributed by atoms with van der Waals surface area (Å²) in [4.78, 5) is 23.9. The van der Waals surface area contributed by atoms with Gasteiger partial charge in [-0.05, 0) is 30.3 Å². The Morgan fingerprint density at radius 2 is 2.00 bits per heavy atom. The SMILES string of the molecule is O=C(OCn1nnc2ccccc2c1=O)c1cccc(F)c1. The van der Waals surface area contributed by atoms with Crippen LogP contribution in [0.4, 0.5) is 4.39 Å². The highest BCUT2D eigenvalue weighted by Crippen LogP contribution is 2.06. The van der Waals surface area contributed by atoms with Crippen molar-refractivity contribution in [3.05, 3.63) is 70.3 Å². The van der Waals surface area contributed by atoms with Crippen molar-refractivity contribution in [2.24, 2.45) is 0 Å². The summed E-state index contributed by atoms with van der Waals surface area (Å²) in [7, 11) is 0. The summed E-state index contributed by atoms with van der Waals surface area (Å²) in [5.74, 6) is -1.29. The number of hydrogen-bond donors (Lipinski definition) is 0. The molecule has 0 unspecified atom stereocenters. The predicted molar refractivity (Wildman–Crippen MR) is 75.6 cm³/mol. The molecule has 0 saturated heterocycles. The van der Waals surface area contributed by atoms with Gasteiger partial charge < -0.3 is 4.74 Å². The molecule has 3 rings (SSSR count). The number of halogens is 1. The molecule has 1 heterocycles. The van der Waals surface area contributed by atoms with Crippen LogP contribution in [0, 0.1) is 5.82 Å². The number of esters is 1. The smallest absolute Gasteiger partial charge is 0.340 e. The molecule has 3 aromatic rings. The number of fused-ring (bicyclic) bond motifs is 1. The van der Waals surface area contributed by atoms with E-state index in [4.69, 9.17) is 4.74 Å². The lowest BCUT2D eigenvalue weighted by Gasteiger charge is -2.06. The van der Waals surface area contributed by atoms with E-state index in [2.05, 4.69) is 10.3 Å². The van der Waals surface area contributed by atoms with E-state index in [1.165, 1.54) is 18.2 Å². The summed E-state index contributed by atoms with van der Waals surface area (Å²) >= 11 is 0. The van der Waals surface area contributed by atoms with Crippen molar-refractivity contribution in [1.29, 1.82) is 0 Å². The molecule has 0 atom stereocenters. The second-order valence-electron chi connectivity index (χ2n) is 4.48. The molecule has 0 amide bonds. The summed E-state index contributed by atoms with van der Waals surface area (Å²) in [6.45, 7) is -0.397. The second kappa shape index (κ2) is 5.72. The van der Waals surface area contributed by atoms with Crippen molar-refractivity contribution >= 4 is 16.9 Å². The first kappa shape index (κ1) is 13.9. The molecule has 110 valence electrons. The van der Waals surface area contributed by atoms with Crippen LogP contribution in [0.3, 0.4) is 0 Å². The molecule has 22 heavy (non-hydrogen) atoms. The molecule has 0 aliphatic rings. The molecule has 0 aliphatic heterocycles. The van der Waals surface area contributed by atoms with Gasteiger partial charge in [0, 0.05) is 0 Å². The maximum absolute atomic E-state index is 13.0. The van der Waals surface area contributed by atoms with Gasteiger partial charge in [-0.15, -0.1) is 5.10 Å². The second-order valence-corrected chi connectivity index (χ2v) is 4.48. The molecule has 0 saturated carbocycles. The minimum Gasteiger partial charge on any atom is -0.439 e. The number of rotatable bonds is 3. The van der Waals surface area contributed by atoms with E-state index in [0.717, 1.165) is 10.7 Å². The lowest BCUT2D eigenvalue weighted by Crippen LogP contribution is -2.26. The summed E-state index contributed by atoms with van der Waals surface area (Å²) in [6, 6.07) is 11.8. The van der Waals surface area contributed by atoms with E-state index in [1.54, 1.807) is 24.3 Å². The minimum absolute atomic E-state index is 0.0572. The number of nitrogens with zero attached hydrogens (tertiary/aromatic N) is 3. The number of carbonyl (C=O) groups is 1. The largest absolute Gasteiger partial charge is 0.439 e. The third-order valence-corrected chi connectivity index (χ3v) is 3.01. The van der Waals surface area contributed by atoms with Crippen LogP contribution in [0.1, 0.15) is 10.4 Å². The number of aromatic nitrogens is 3. The van der Waals surface area contributed by atoms with Crippen molar-refractivity contribution in [2.75, 3.05) is 0 Å². The van der Waals surface area contributed by atoms with E-state index in [0.29, 0.717) is 10.9 Å². The third kappa shape index (κ3) is 2.69. The van der Waals surface area contributed by atoms with Crippen LogP contribution in [0.2, 0.25) is 0 Å². The van der Waals surface area contributed by atoms with E-state index in [-0.39, 0.29) is 5.56 Å². The molecular weight excluding hydrogens is 289 g/mol. The maximum atomic E-state index is 13.0. The Morgan fingerprint density at radius 3 is 2.82 bits per heavy atom. The van der Waals surface area contributed by atoms with Crippen molar-refractivity contribution in [2.45, 2.75) is 6.73 Å². The molecule has 0 spiro atoms. The van der Waals surface area contributed by atoms with Gasteiger partial charge in [0.25, 0.3) is 5.56 Å². The van der Waals surface area contributed by atoms with Gasteiger partial charge in [0.05, 0.1) is 10.9 Å². The van der Waals surface area contributed by atoms with Crippen molar-refractivity contribution in [3.8, 4) is 0 Å². The lowest BCUT2D eigenvalue weighted by molar-refractivity contribution is 0.0335. The number of hydrogen-bond acceptors (Lipinski definition) is 5. The van der Waals surface area contributed by atoms with Gasteiger partial charge in [-0.2, -0.15) is 4.68 Å². The van der Waals surface area contributed by atoms with Gasteiger partial charge in [0.2, 0.25) is 0 Å². The van der Waals surface area contributed by atoms with Crippen LogP contribution in [-0.4, -0.2) is 21.0 Å². The van der Waals surface area contributed by atoms with Gasteiger partial charge >= 0.3 is 5.97 Å². The molecule has 2 aromatic carbocycles. The zero-order valence-electron chi connectivity index (χ0n) is 11.3. The normalized spacial score (nSPS) is 10.6. The summed E-state index contributed by atoms with van der Waals surface area (Å²) < 4.78 is 18.9. The molecular formula is C15H10FN3O3. The fourth-order valence-electron chi connectivity index (χ4n) is 1.93. The summed E-state index contributed by atoms with van der Waals surface area (Å²) in [5.41, 5.74) is 0.0969. The fraction of sp³-hybridized carbons (Fsp3) is 0.0667. The highest BCUT2D eigenvalue weighted by atomic mass is 19.1. The van der Waals surface area contributed by atoms with Gasteiger partial charge in [0.15, 0.2) is 6.73 Å². The zero-order chi connectivity index (χ0) is 15.5. The average Bonchev–Trinajstić information content (AvgIpc) is 2.54. The Bertz CT molecular complexity index is 908. The monoisotopic (exact) mass is 299 g/mol. The Labute approximate surface area is 123 Å².